The van der Waals surface area contributed by atoms with Gasteiger partial charge in [0.25, 0.3) is 0 Å². The molecule has 1 aromatic rings. The lowest BCUT2D eigenvalue weighted by molar-refractivity contribution is -0.156. The fraction of sp³-hybridized carbons (Fsp3) is 0.533. The molecular weight excluding hydrogens is 254 g/mol. The Bertz CT molecular complexity index is 511. The van der Waals surface area contributed by atoms with E-state index in [1.165, 1.54) is 0 Å². The molecule has 1 unspecified atom stereocenters. The molecule has 0 aliphatic carbocycles. The molecule has 0 bridgehead atoms. The molecule has 0 aromatic carbocycles. The Hall–Kier alpha value is -1.91. The summed E-state index contributed by atoms with van der Waals surface area (Å²) in [7, 11) is 0. The normalized spacial score (nSPS) is 22.1. The molecule has 2 rings (SSSR count). The third kappa shape index (κ3) is 2.66. The van der Waals surface area contributed by atoms with Gasteiger partial charge in [0.15, 0.2) is 0 Å². The summed E-state index contributed by atoms with van der Waals surface area (Å²) >= 11 is 0. The van der Waals surface area contributed by atoms with Gasteiger partial charge >= 0.3 is 0 Å². The van der Waals surface area contributed by atoms with Crippen molar-refractivity contribution in [2.24, 2.45) is 5.92 Å². The van der Waals surface area contributed by atoms with Crippen LogP contribution in [0.25, 0.3) is 0 Å². The molecule has 5 heteroatoms. The van der Waals surface area contributed by atoms with Crippen LogP contribution in [0.3, 0.4) is 0 Å². The van der Waals surface area contributed by atoms with Crippen molar-refractivity contribution in [3.63, 3.8) is 0 Å². The van der Waals surface area contributed by atoms with E-state index >= 15 is 0 Å². The third-order valence-corrected chi connectivity index (χ3v) is 3.54. The Balaban J connectivity index is 2.33. The van der Waals surface area contributed by atoms with Crippen molar-refractivity contribution in [3.05, 3.63) is 30.1 Å². The van der Waals surface area contributed by atoms with E-state index in [1.807, 2.05) is 26.0 Å². The highest BCUT2D eigenvalue weighted by atomic mass is 16.2. The van der Waals surface area contributed by atoms with Crippen LogP contribution >= 0.6 is 0 Å². The first-order valence-electron chi connectivity index (χ1n) is 6.85. The molecule has 2 heterocycles. The number of rotatable bonds is 3. The van der Waals surface area contributed by atoms with Crippen LogP contribution in [-0.2, 0) is 16.1 Å². The highest BCUT2D eigenvalue weighted by molar-refractivity contribution is 5.99. The van der Waals surface area contributed by atoms with E-state index in [2.05, 4.69) is 10.3 Å². The van der Waals surface area contributed by atoms with Gasteiger partial charge in [-0.05, 0) is 31.4 Å². The smallest absolute Gasteiger partial charge is 0.248 e. The zero-order valence-corrected chi connectivity index (χ0v) is 12.4. The molecule has 0 radical (unpaired) electrons. The number of piperazine rings is 1. The molecule has 5 nitrogen and oxygen atoms in total. The van der Waals surface area contributed by atoms with Crippen molar-refractivity contribution < 1.29 is 9.59 Å². The Morgan fingerprint density at radius 2 is 2.10 bits per heavy atom. The van der Waals surface area contributed by atoms with E-state index in [1.54, 1.807) is 31.1 Å². The predicted octanol–water partition coefficient (Wildman–Crippen LogP) is 1.34. The number of hydrogen-bond acceptors (Lipinski definition) is 3. The van der Waals surface area contributed by atoms with Crippen LogP contribution in [0.15, 0.2) is 24.5 Å². The minimum atomic E-state index is -0.856. The SMILES string of the molecule is CC(C)C1C(=O)NC(C)(C)C(=O)N1Cc1cccnc1. The fourth-order valence-corrected chi connectivity index (χ4v) is 2.58. The van der Waals surface area contributed by atoms with Crippen LogP contribution in [0.5, 0.6) is 0 Å². The van der Waals surface area contributed by atoms with Gasteiger partial charge in [-0.1, -0.05) is 19.9 Å². The summed E-state index contributed by atoms with van der Waals surface area (Å²) in [6.07, 6.45) is 3.42. The van der Waals surface area contributed by atoms with E-state index in [9.17, 15) is 9.59 Å². The number of amides is 2. The quantitative estimate of drug-likeness (QED) is 0.905. The van der Waals surface area contributed by atoms with Crippen LogP contribution < -0.4 is 5.32 Å². The molecule has 1 saturated heterocycles. The van der Waals surface area contributed by atoms with Crippen LogP contribution in [0.4, 0.5) is 0 Å². The first-order chi connectivity index (χ1) is 9.33. The summed E-state index contributed by atoms with van der Waals surface area (Å²) in [6, 6.07) is 3.31. The van der Waals surface area contributed by atoms with Gasteiger partial charge in [-0.2, -0.15) is 0 Å². The molecule has 108 valence electrons. The molecule has 0 spiro atoms. The third-order valence-electron chi connectivity index (χ3n) is 3.54. The second-order valence-electron chi connectivity index (χ2n) is 6.10. The molecule has 20 heavy (non-hydrogen) atoms. The lowest BCUT2D eigenvalue weighted by Gasteiger charge is -2.44. The fourth-order valence-electron chi connectivity index (χ4n) is 2.58. The number of nitrogens with zero attached hydrogens (tertiary/aromatic N) is 2. The molecule has 0 saturated carbocycles. The van der Waals surface area contributed by atoms with Crippen molar-refractivity contribution >= 4 is 11.8 Å². The van der Waals surface area contributed by atoms with Gasteiger partial charge in [0.05, 0.1) is 0 Å². The lowest BCUT2D eigenvalue weighted by atomic mass is 9.91. The predicted molar refractivity (Wildman–Crippen MR) is 75.6 cm³/mol. The van der Waals surface area contributed by atoms with E-state index in [-0.39, 0.29) is 17.7 Å². The first kappa shape index (κ1) is 14.5. The summed E-state index contributed by atoms with van der Waals surface area (Å²) in [5.74, 6) is -0.0835. The van der Waals surface area contributed by atoms with E-state index in [0.29, 0.717) is 6.54 Å². The van der Waals surface area contributed by atoms with Gasteiger partial charge in [0.2, 0.25) is 11.8 Å². The van der Waals surface area contributed by atoms with Crippen molar-refractivity contribution in [3.8, 4) is 0 Å². The number of aromatic nitrogens is 1. The Labute approximate surface area is 119 Å². The molecule has 1 fully saturated rings. The summed E-state index contributed by atoms with van der Waals surface area (Å²) in [4.78, 5) is 30.6. The average Bonchev–Trinajstić information content (AvgIpc) is 2.36. The number of nitrogens with one attached hydrogen (secondary N) is 1. The van der Waals surface area contributed by atoms with Gasteiger partial charge in [-0.25, -0.2) is 0 Å². The second kappa shape index (κ2) is 5.23. The van der Waals surface area contributed by atoms with E-state index < -0.39 is 11.6 Å². The molecule has 1 N–H and O–H groups in total. The summed E-state index contributed by atoms with van der Waals surface area (Å²) in [5.41, 5.74) is 0.0713. The van der Waals surface area contributed by atoms with Gasteiger partial charge in [0.1, 0.15) is 11.6 Å². The van der Waals surface area contributed by atoms with Crippen LogP contribution in [0.2, 0.25) is 0 Å². The van der Waals surface area contributed by atoms with Gasteiger partial charge in [-0.3, -0.25) is 14.6 Å². The van der Waals surface area contributed by atoms with Gasteiger partial charge in [-0.15, -0.1) is 0 Å². The average molecular weight is 275 g/mol. The van der Waals surface area contributed by atoms with E-state index in [4.69, 9.17) is 0 Å². The minimum Gasteiger partial charge on any atom is -0.340 e. The maximum absolute atomic E-state index is 12.6. The molecule has 1 aromatic heterocycles. The van der Waals surface area contributed by atoms with Crippen molar-refractivity contribution in [1.82, 2.24) is 15.2 Å². The van der Waals surface area contributed by atoms with Crippen molar-refractivity contribution in [1.29, 1.82) is 0 Å². The van der Waals surface area contributed by atoms with E-state index in [0.717, 1.165) is 5.56 Å². The van der Waals surface area contributed by atoms with Crippen molar-refractivity contribution in [2.75, 3.05) is 0 Å². The number of carbonyl (C=O) groups is 2. The molecule has 1 aliphatic heterocycles. The minimum absolute atomic E-state index is 0.0559. The zero-order valence-electron chi connectivity index (χ0n) is 12.4. The van der Waals surface area contributed by atoms with Crippen molar-refractivity contribution in [2.45, 2.75) is 45.8 Å². The highest BCUT2D eigenvalue weighted by Gasteiger charge is 2.46. The Kier molecular flexibility index (Phi) is 3.79. The second-order valence-corrected chi connectivity index (χ2v) is 6.10. The monoisotopic (exact) mass is 275 g/mol. The topological polar surface area (TPSA) is 62.3 Å². The maximum Gasteiger partial charge on any atom is 0.248 e. The van der Waals surface area contributed by atoms with Gasteiger partial charge < -0.3 is 10.2 Å². The van der Waals surface area contributed by atoms with Crippen LogP contribution in [-0.4, -0.2) is 33.3 Å². The standard InChI is InChI=1S/C15H21N3O2/c1-10(2)12-13(19)17-15(3,4)14(20)18(12)9-11-6-5-7-16-8-11/h5-8,10,12H,9H2,1-4H3,(H,17,19). The molecular formula is C15H21N3O2. The summed E-state index contributed by atoms with van der Waals surface area (Å²) in [5, 5.41) is 2.81. The van der Waals surface area contributed by atoms with Crippen LogP contribution in [0.1, 0.15) is 33.3 Å². The maximum atomic E-state index is 12.6. The Morgan fingerprint density at radius 1 is 1.40 bits per heavy atom. The molecule has 1 aliphatic rings. The first-order valence-corrected chi connectivity index (χ1v) is 6.85. The number of pyridine rings is 1. The molecule has 1 atom stereocenters. The van der Waals surface area contributed by atoms with Gasteiger partial charge in [0, 0.05) is 18.9 Å². The largest absolute Gasteiger partial charge is 0.340 e. The summed E-state index contributed by atoms with van der Waals surface area (Å²) < 4.78 is 0. The summed E-state index contributed by atoms with van der Waals surface area (Å²) in [6.45, 7) is 7.78. The molecule has 2 amide bonds. The number of hydrogen-bond donors (Lipinski definition) is 1. The highest BCUT2D eigenvalue weighted by Crippen LogP contribution is 2.24. The zero-order chi connectivity index (χ0) is 14.9. The van der Waals surface area contributed by atoms with Crippen LogP contribution in [0, 0.1) is 5.92 Å². The Morgan fingerprint density at radius 3 is 2.65 bits per heavy atom. The lowest BCUT2D eigenvalue weighted by Crippen LogP contribution is -2.68. The number of carbonyl (C=O) groups excluding carboxylic acids is 2.